The van der Waals surface area contributed by atoms with Crippen molar-refractivity contribution in [1.82, 2.24) is 4.31 Å². The summed E-state index contributed by atoms with van der Waals surface area (Å²) in [4.78, 5) is 0. The minimum atomic E-state index is -3.57. The third-order valence-corrected chi connectivity index (χ3v) is 5.12. The second-order valence-corrected chi connectivity index (χ2v) is 8.06. The van der Waals surface area contributed by atoms with Crippen LogP contribution in [0.2, 0.25) is 0 Å². The molecule has 0 spiro atoms. The van der Waals surface area contributed by atoms with Crippen LogP contribution in [-0.2, 0) is 16.6 Å². The van der Waals surface area contributed by atoms with Crippen molar-refractivity contribution in [3.05, 3.63) is 17.9 Å². The van der Waals surface area contributed by atoms with Crippen molar-refractivity contribution in [3.8, 4) is 0 Å². The molecule has 1 aromatic rings. The molecule has 0 saturated carbocycles. The van der Waals surface area contributed by atoms with Gasteiger partial charge in [0.1, 0.15) is 5.76 Å². The first-order valence-corrected chi connectivity index (χ1v) is 9.00. The highest BCUT2D eigenvalue weighted by Crippen LogP contribution is 2.21. The van der Waals surface area contributed by atoms with Crippen molar-refractivity contribution in [2.24, 2.45) is 17.6 Å². The van der Waals surface area contributed by atoms with Crippen molar-refractivity contribution in [3.63, 3.8) is 0 Å². The van der Waals surface area contributed by atoms with Gasteiger partial charge in [0, 0.05) is 13.1 Å². The Kier molecular flexibility index (Phi) is 6.90. The van der Waals surface area contributed by atoms with Gasteiger partial charge in [-0.05, 0) is 36.8 Å². The molecule has 122 valence electrons. The van der Waals surface area contributed by atoms with E-state index in [4.69, 9.17) is 10.2 Å². The van der Waals surface area contributed by atoms with Gasteiger partial charge in [-0.1, -0.05) is 27.7 Å². The molecule has 0 atom stereocenters. The lowest BCUT2D eigenvalue weighted by Crippen LogP contribution is -2.34. The molecule has 21 heavy (non-hydrogen) atoms. The molecule has 1 rings (SSSR count). The summed E-state index contributed by atoms with van der Waals surface area (Å²) < 4.78 is 32.2. The fourth-order valence-electron chi connectivity index (χ4n) is 1.89. The summed E-state index contributed by atoms with van der Waals surface area (Å²) in [6, 6.07) is 3.12. The smallest absolute Gasteiger partial charge is 0.276 e. The maximum atomic E-state index is 12.7. The normalized spacial score (nSPS) is 12.8. The monoisotopic (exact) mass is 316 g/mol. The first-order valence-electron chi connectivity index (χ1n) is 7.56. The van der Waals surface area contributed by atoms with Gasteiger partial charge in [-0.2, -0.15) is 4.31 Å². The zero-order chi connectivity index (χ0) is 16.0. The Bertz CT molecular complexity index is 509. The molecule has 0 unspecified atom stereocenters. The van der Waals surface area contributed by atoms with Crippen molar-refractivity contribution < 1.29 is 12.8 Å². The molecule has 0 bridgehead atoms. The van der Waals surface area contributed by atoms with Crippen LogP contribution in [0.25, 0.3) is 0 Å². The zero-order valence-electron chi connectivity index (χ0n) is 13.5. The van der Waals surface area contributed by atoms with Gasteiger partial charge in [-0.3, -0.25) is 0 Å². The van der Waals surface area contributed by atoms with Gasteiger partial charge in [-0.25, -0.2) is 8.42 Å². The summed E-state index contributed by atoms with van der Waals surface area (Å²) in [7, 11) is -3.57. The lowest BCUT2D eigenvalue weighted by atomic mass is 10.1. The van der Waals surface area contributed by atoms with E-state index in [1.807, 2.05) is 0 Å². The van der Waals surface area contributed by atoms with Gasteiger partial charge >= 0.3 is 0 Å². The second kappa shape index (κ2) is 7.96. The Morgan fingerprint density at radius 3 is 2.00 bits per heavy atom. The molecular weight excluding hydrogens is 288 g/mol. The minimum Gasteiger partial charge on any atom is -0.447 e. The molecule has 0 aromatic carbocycles. The van der Waals surface area contributed by atoms with E-state index >= 15 is 0 Å². The predicted molar refractivity (Wildman–Crippen MR) is 84.3 cm³/mol. The Morgan fingerprint density at radius 2 is 1.62 bits per heavy atom. The average Bonchev–Trinajstić information content (AvgIpc) is 2.87. The van der Waals surface area contributed by atoms with Crippen LogP contribution >= 0.6 is 0 Å². The Hall–Kier alpha value is -0.850. The fourth-order valence-corrected chi connectivity index (χ4v) is 3.29. The third kappa shape index (κ3) is 5.45. The Labute approximate surface area is 128 Å². The standard InChI is InChI=1S/C15H28N2O3S/c1-12(2)7-9-17(10-8-13(3)4)21(18,19)15-6-5-14(11-16)20-15/h5-6,12-13H,7-11,16H2,1-4H3. The molecule has 0 fully saturated rings. The predicted octanol–water partition coefficient (Wildman–Crippen LogP) is 2.82. The highest BCUT2D eigenvalue weighted by atomic mass is 32.2. The fraction of sp³-hybridized carbons (Fsp3) is 0.733. The minimum absolute atomic E-state index is 0.00420. The van der Waals surface area contributed by atoms with Gasteiger partial charge in [0.15, 0.2) is 0 Å². The summed E-state index contributed by atoms with van der Waals surface area (Å²) in [5.74, 6) is 1.40. The SMILES string of the molecule is CC(C)CCN(CCC(C)C)S(=O)(=O)c1ccc(CN)o1. The number of sulfonamides is 1. The molecule has 0 amide bonds. The van der Waals surface area contributed by atoms with Gasteiger partial charge in [0.25, 0.3) is 10.0 Å². The quantitative estimate of drug-likeness (QED) is 0.760. The van der Waals surface area contributed by atoms with Gasteiger partial charge < -0.3 is 10.2 Å². The van der Waals surface area contributed by atoms with Crippen LogP contribution in [0.15, 0.2) is 21.6 Å². The molecule has 5 nitrogen and oxygen atoms in total. The molecule has 0 aliphatic carbocycles. The van der Waals surface area contributed by atoms with Crippen molar-refractivity contribution in [2.75, 3.05) is 13.1 Å². The van der Waals surface area contributed by atoms with E-state index in [0.717, 1.165) is 12.8 Å². The molecule has 0 aliphatic heterocycles. The summed E-state index contributed by atoms with van der Waals surface area (Å²) in [5, 5.41) is -0.00420. The molecule has 1 heterocycles. The maximum Gasteiger partial charge on any atom is 0.276 e. The van der Waals surface area contributed by atoms with Crippen molar-refractivity contribution in [1.29, 1.82) is 0 Å². The number of nitrogens with zero attached hydrogens (tertiary/aromatic N) is 1. The first-order chi connectivity index (χ1) is 9.77. The van der Waals surface area contributed by atoms with E-state index in [2.05, 4.69) is 27.7 Å². The van der Waals surface area contributed by atoms with Crippen LogP contribution in [0.3, 0.4) is 0 Å². The highest BCUT2D eigenvalue weighted by molar-refractivity contribution is 7.89. The van der Waals surface area contributed by atoms with Gasteiger partial charge in [0.05, 0.1) is 6.54 Å². The van der Waals surface area contributed by atoms with E-state index in [0.29, 0.717) is 30.7 Å². The molecule has 0 saturated heterocycles. The highest BCUT2D eigenvalue weighted by Gasteiger charge is 2.27. The third-order valence-electron chi connectivity index (χ3n) is 3.34. The Morgan fingerprint density at radius 1 is 1.10 bits per heavy atom. The Balaban J connectivity index is 2.92. The zero-order valence-corrected chi connectivity index (χ0v) is 14.3. The van der Waals surface area contributed by atoms with Gasteiger partial charge in [0.2, 0.25) is 5.09 Å². The van der Waals surface area contributed by atoms with Crippen LogP contribution in [-0.4, -0.2) is 25.8 Å². The van der Waals surface area contributed by atoms with E-state index in [-0.39, 0.29) is 11.6 Å². The number of hydrogen-bond acceptors (Lipinski definition) is 4. The average molecular weight is 316 g/mol. The number of nitrogens with two attached hydrogens (primary N) is 1. The maximum absolute atomic E-state index is 12.7. The van der Waals surface area contributed by atoms with Gasteiger partial charge in [-0.15, -0.1) is 0 Å². The van der Waals surface area contributed by atoms with E-state index in [1.165, 1.54) is 10.4 Å². The first kappa shape index (κ1) is 18.2. The van der Waals surface area contributed by atoms with Crippen LogP contribution in [0.4, 0.5) is 0 Å². The lowest BCUT2D eigenvalue weighted by molar-refractivity contribution is 0.337. The number of rotatable bonds is 9. The summed E-state index contributed by atoms with van der Waals surface area (Å²) in [5.41, 5.74) is 5.48. The number of hydrogen-bond donors (Lipinski definition) is 1. The van der Waals surface area contributed by atoms with Crippen molar-refractivity contribution in [2.45, 2.75) is 52.2 Å². The van der Waals surface area contributed by atoms with E-state index in [9.17, 15) is 8.42 Å². The molecule has 0 radical (unpaired) electrons. The van der Waals surface area contributed by atoms with Crippen LogP contribution < -0.4 is 5.73 Å². The topological polar surface area (TPSA) is 76.5 Å². The molecular formula is C15H28N2O3S. The second-order valence-electron chi connectivity index (χ2n) is 6.19. The van der Waals surface area contributed by atoms with E-state index in [1.54, 1.807) is 6.07 Å². The van der Waals surface area contributed by atoms with E-state index < -0.39 is 10.0 Å². The summed E-state index contributed by atoms with van der Waals surface area (Å²) in [6.07, 6.45) is 1.67. The molecule has 0 aliphatic rings. The molecule has 1 aromatic heterocycles. The lowest BCUT2D eigenvalue weighted by Gasteiger charge is -2.22. The summed E-state index contributed by atoms with van der Waals surface area (Å²) in [6.45, 7) is 9.60. The van der Waals surface area contributed by atoms with Crippen LogP contribution in [0, 0.1) is 11.8 Å². The van der Waals surface area contributed by atoms with Crippen molar-refractivity contribution >= 4 is 10.0 Å². The number of furan rings is 1. The summed E-state index contributed by atoms with van der Waals surface area (Å²) >= 11 is 0. The van der Waals surface area contributed by atoms with Crippen LogP contribution in [0.1, 0.15) is 46.3 Å². The largest absolute Gasteiger partial charge is 0.447 e. The van der Waals surface area contributed by atoms with Crippen LogP contribution in [0.5, 0.6) is 0 Å². The molecule has 6 heteroatoms. The molecule has 2 N–H and O–H groups in total.